The number of hydrogen-bond donors (Lipinski definition) is 1. The normalized spacial score (nSPS) is 29.0. The minimum atomic E-state index is 0.515. The van der Waals surface area contributed by atoms with Crippen LogP contribution in [0, 0.1) is 11.3 Å². The van der Waals surface area contributed by atoms with Crippen LogP contribution in [0.25, 0.3) is 0 Å². The monoisotopic (exact) mass is 270 g/mol. The summed E-state index contributed by atoms with van der Waals surface area (Å²) in [7, 11) is 4.56. The highest BCUT2D eigenvalue weighted by Crippen LogP contribution is 2.38. The maximum Gasteiger partial charge on any atom is 0.00429 e. The molecule has 0 aromatic carbocycles. The summed E-state index contributed by atoms with van der Waals surface area (Å²) in [4.78, 5) is 5.05. The SMILES string of the molecule is CN1CCC(CN(C)CC2(CS)CCCCC2)C1. The third-order valence-corrected chi connectivity index (χ3v) is 5.58. The van der Waals surface area contributed by atoms with Crippen molar-refractivity contribution in [1.82, 2.24) is 9.80 Å². The van der Waals surface area contributed by atoms with E-state index in [1.54, 1.807) is 0 Å². The second-order valence-electron chi connectivity index (χ2n) is 6.83. The molecule has 0 amide bonds. The summed E-state index contributed by atoms with van der Waals surface area (Å²) in [6.07, 6.45) is 8.44. The van der Waals surface area contributed by atoms with Crippen molar-refractivity contribution in [3.8, 4) is 0 Å². The Hall–Kier alpha value is 0.270. The molecule has 2 aliphatic rings. The standard InChI is InChI=1S/C15H30N2S/c1-16-9-6-14(10-16)11-17(2)12-15(13-18)7-4-3-5-8-15/h14,18H,3-13H2,1-2H3. The van der Waals surface area contributed by atoms with Gasteiger partial charge in [-0.05, 0) is 57.0 Å². The van der Waals surface area contributed by atoms with E-state index in [4.69, 9.17) is 0 Å². The van der Waals surface area contributed by atoms with Gasteiger partial charge in [-0.2, -0.15) is 12.6 Å². The second-order valence-corrected chi connectivity index (χ2v) is 7.15. The van der Waals surface area contributed by atoms with Crippen molar-refractivity contribution in [3.05, 3.63) is 0 Å². The molecule has 2 rings (SSSR count). The summed E-state index contributed by atoms with van der Waals surface area (Å²) in [6, 6.07) is 0. The Morgan fingerprint density at radius 3 is 2.56 bits per heavy atom. The van der Waals surface area contributed by atoms with Gasteiger partial charge in [0.1, 0.15) is 0 Å². The summed E-state index contributed by atoms with van der Waals surface area (Å²) in [5.41, 5.74) is 0.515. The summed E-state index contributed by atoms with van der Waals surface area (Å²) in [5, 5.41) is 0. The average Bonchev–Trinajstić information content (AvgIpc) is 2.75. The van der Waals surface area contributed by atoms with Gasteiger partial charge in [0, 0.05) is 19.6 Å². The predicted molar refractivity (Wildman–Crippen MR) is 82.5 cm³/mol. The van der Waals surface area contributed by atoms with E-state index in [0.717, 1.165) is 11.7 Å². The van der Waals surface area contributed by atoms with Crippen molar-refractivity contribution in [3.63, 3.8) is 0 Å². The van der Waals surface area contributed by atoms with Gasteiger partial charge in [0.05, 0.1) is 0 Å². The topological polar surface area (TPSA) is 6.48 Å². The molecule has 0 spiro atoms. The Balaban J connectivity index is 1.79. The summed E-state index contributed by atoms with van der Waals surface area (Å²) < 4.78 is 0. The number of thiol groups is 1. The molecule has 106 valence electrons. The fourth-order valence-corrected chi connectivity index (χ4v) is 4.34. The maximum absolute atomic E-state index is 4.65. The molecule has 1 unspecified atom stereocenters. The van der Waals surface area contributed by atoms with Gasteiger partial charge in [-0.15, -0.1) is 0 Å². The zero-order valence-corrected chi connectivity index (χ0v) is 13.1. The van der Waals surface area contributed by atoms with E-state index in [0.29, 0.717) is 5.41 Å². The maximum atomic E-state index is 4.65. The lowest BCUT2D eigenvalue weighted by Crippen LogP contribution is -2.40. The Bertz CT molecular complexity index is 251. The quantitative estimate of drug-likeness (QED) is 0.768. The van der Waals surface area contributed by atoms with E-state index in [-0.39, 0.29) is 0 Å². The third-order valence-electron chi connectivity index (χ3n) is 4.91. The summed E-state index contributed by atoms with van der Waals surface area (Å²) in [5.74, 6) is 1.96. The van der Waals surface area contributed by atoms with Gasteiger partial charge in [-0.25, -0.2) is 0 Å². The first-order valence-corrected chi connectivity index (χ1v) is 8.25. The molecule has 1 aliphatic heterocycles. The number of nitrogens with zero attached hydrogens (tertiary/aromatic N) is 2. The Morgan fingerprint density at radius 2 is 2.00 bits per heavy atom. The molecule has 1 aliphatic carbocycles. The van der Waals surface area contributed by atoms with Crippen LogP contribution in [0.3, 0.4) is 0 Å². The van der Waals surface area contributed by atoms with Crippen LogP contribution in [0.5, 0.6) is 0 Å². The molecule has 3 heteroatoms. The van der Waals surface area contributed by atoms with E-state index in [1.807, 2.05) is 0 Å². The highest BCUT2D eigenvalue weighted by molar-refractivity contribution is 7.80. The summed E-state index contributed by atoms with van der Waals surface area (Å²) in [6.45, 7) is 5.12. The van der Waals surface area contributed by atoms with Crippen LogP contribution in [0.2, 0.25) is 0 Å². The van der Waals surface area contributed by atoms with Crippen LogP contribution in [0.1, 0.15) is 38.5 Å². The molecular formula is C15H30N2S. The van der Waals surface area contributed by atoms with Crippen LogP contribution >= 0.6 is 12.6 Å². The van der Waals surface area contributed by atoms with Crippen molar-refractivity contribution < 1.29 is 0 Å². The van der Waals surface area contributed by atoms with E-state index >= 15 is 0 Å². The Kier molecular flexibility index (Phi) is 5.40. The van der Waals surface area contributed by atoms with E-state index in [2.05, 4.69) is 36.5 Å². The van der Waals surface area contributed by atoms with E-state index in [1.165, 1.54) is 64.7 Å². The molecule has 1 saturated heterocycles. The highest BCUT2D eigenvalue weighted by atomic mass is 32.1. The Morgan fingerprint density at radius 1 is 1.28 bits per heavy atom. The first-order chi connectivity index (χ1) is 8.63. The largest absolute Gasteiger partial charge is 0.306 e. The molecule has 0 bridgehead atoms. The van der Waals surface area contributed by atoms with Gasteiger partial charge < -0.3 is 9.80 Å². The lowest BCUT2D eigenvalue weighted by Gasteiger charge is -2.39. The van der Waals surface area contributed by atoms with Gasteiger partial charge in [-0.3, -0.25) is 0 Å². The first-order valence-electron chi connectivity index (χ1n) is 7.61. The smallest absolute Gasteiger partial charge is 0.00429 e. The molecule has 18 heavy (non-hydrogen) atoms. The van der Waals surface area contributed by atoms with Crippen LogP contribution in [0.15, 0.2) is 0 Å². The average molecular weight is 270 g/mol. The minimum Gasteiger partial charge on any atom is -0.306 e. The van der Waals surface area contributed by atoms with Gasteiger partial charge in [0.25, 0.3) is 0 Å². The van der Waals surface area contributed by atoms with Gasteiger partial charge in [-0.1, -0.05) is 19.3 Å². The van der Waals surface area contributed by atoms with Gasteiger partial charge in [0.2, 0.25) is 0 Å². The first kappa shape index (κ1) is 14.7. The van der Waals surface area contributed by atoms with Crippen molar-refractivity contribution in [1.29, 1.82) is 0 Å². The summed E-state index contributed by atoms with van der Waals surface area (Å²) >= 11 is 4.65. The van der Waals surface area contributed by atoms with Gasteiger partial charge >= 0.3 is 0 Å². The van der Waals surface area contributed by atoms with Crippen LogP contribution in [-0.4, -0.2) is 55.8 Å². The molecule has 1 saturated carbocycles. The molecular weight excluding hydrogens is 240 g/mol. The van der Waals surface area contributed by atoms with Crippen LogP contribution in [-0.2, 0) is 0 Å². The van der Waals surface area contributed by atoms with Crippen LogP contribution in [0.4, 0.5) is 0 Å². The predicted octanol–water partition coefficient (Wildman–Crippen LogP) is 2.75. The van der Waals surface area contributed by atoms with E-state index < -0.39 is 0 Å². The number of hydrogen-bond acceptors (Lipinski definition) is 3. The molecule has 0 aromatic rings. The highest BCUT2D eigenvalue weighted by Gasteiger charge is 2.32. The zero-order valence-electron chi connectivity index (χ0n) is 12.2. The third kappa shape index (κ3) is 3.88. The van der Waals surface area contributed by atoms with Crippen molar-refractivity contribution in [2.45, 2.75) is 38.5 Å². The van der Waals surface area contributed by atoms with E-state index in [9.17, 15) is 0 Å². The molecule has 0 radical (unpaired) electrons. The van der Waals surface area contributed by atoms with Crippen molar-refractivity contribution in [2.75, 3.05) is 46.0 Å². The molecule has 2 fully saturated rings. The number of likely N-dealkylation sites (tertiary alicyclic amines) is 1. The van der Waals surface area contributed by atoms with Crippen molar-refractivity contribution in [2.24, 2.45) is 11.3 Å². The Labute approximate surface area is 119 Å². The second kappa shape index (κ2) is 6.62. The fraction of sp³-hybridized carbons (Fsp3) is 1.00. The molecule has 1 atom stereocenters. The lowest BCUT2D eigenvalue weighted by atomic mass is 9.75. The molecule has 2 nitrogen and oxygen atoms in total. The molecule has 1 heterocycles. The minimum absolute atomic E-state index is 0.515. The van der Waals surface area contributed by atoms with Crippen LogP contribution < -0.4 is 0 Å². The molecule has 0 aromatic heterocycles. The fourth-order valence-electron chi connectivity index (χ4n) is 3.92. The lowest BCUT2D eigenvalue weighted by molar-refractivity contribution is 0.133. The molecule has 0 N–H and O–H groups in total. The number of rotatable bonds is 5. The van der Waals surface area contributed by atoms with Gasteiger partial charge in [0.15, 0.2) is 0 Å². The zero-order chi connectivity index (χ0) is 13.0. The van der Waals surface area contributed by atoms with Crippen molar-refractivity contribution >= 4 is 12.6 Å².